The van der Waals surface area contributed by atoms with E-state index >= 15 is 0 Å². The molecule has 1 amide bonds. The van der Waals surface area contributed by atoms with Crippen LogP contribution in [0.1, 0.15) is 49.6 Å². The van der Waals surface area contributed by atoms with Gasteiger partial charge in [0.15, 0.2) is 5.92 Å². The van der Waals surface area contributed by atoms with Crippen molar-refractivity contribution in [2.24, 2.45) is 5.92 Å². The van der Waals surface area contributed by atoms with Crippen LogP contribution >= 0.6 is 11.3 Å². The number of fused-ring (bicyclic) bond motifs is 3. The fourth-order valence-corrected chi connectivity index (χ4v) is 5.25. The van der Waals surface area contributed by atoms with Crippen molar-refractivity contribution >= 4 is 40.2 Å². The maximum atomic E-state index is 13.7. The zero-order valence-electron chi connectivity index (χ0n) is 17.6. The van der Waals surface area contributed by atoms with Crippen LogP contribution in [0.4, 0.5) is 5.95 Å². The molecule has 0 fully saturated rings. The first kappa shape index (κ1) is 20.6. The van der Waals surface area contributed by atoms with Crippen molar-refractivity contribution < 1.29 is 14.3 Å². The van der Waals surface area contributed by atoms with Gasteiger partial charge in [-0.25, -0.2) is 4.98 Å². The zero-order chi connectivity index (χ0) is 21.3. The van der Waals surface area contributed by atoms with Gasteiger partial charge in [0, 0.05) is 11.4 Å². The summed E-state index contributed by atoms with van der Waals surface area (Å²) in [5.41, 5.74) is 2.81. The molecule has 1 aromatic carbocycles. The van der Waals surface area contributed by atoms with Crippen molar-refractivity contribution in [2.75, 3.05) is 18.1 Å². The predicted molar refractivity (Wildman–Crippen MR) is 119 cm³/mol. The largest absolute Gasteiger partial charge is 0.465 e. The van der Waals surface area contributed by atoms with Gasteiger partial charge >= 0.3 is 5.97 Å². The van der Waals surface area contributed by atoms with E-state index in [-0.39, 0.29) is 12.5 Å². The van der Waals surface area contributed by atoms with Crippen LogP contribution < -0.4 is 4.90 Å². The van der Waals surface area contributed by atoms with Crippen LogP contribution in [0, 0.1) is 12.8 Å². The van der Waals surface area contributed by atoms with Crippen molar-refractivity contribution in [3.63, 3.8) is 0 Å². The summed E-state index contributed by atoms with van der Waals surface area (Å²) in [6.45, 7) is 6.71. The Balaban J connectivity index is 1.94. The highest BCUT2D eigenvalue weighted by molar-refractivity contribution is 7.10. The van der Waals surface area contributed by atoms with Crippen molar-refractivity contribution in [3.05, 3.63) is 46.2 Å². The molecule has 158 valence electrons. The normalized spacial score (nSPS) is 18.6. The molecule has 0 N–H and O–H groups in total. The van der Waals surface area contributed by atoms with E-state index in [1.807, 2.05) is 42.6 Å². The average molecular weight is 426 g/mol. The Morgan fingerprint density at radius 1 is 1.20 bits per heavy atom. The highest BCUT2D eigenvalue weighted by Gasteiger charge is 2.48. The Bertz CT molecular complexity index is 1070. The van der Waals surface area contributed by atoms with E-state index in [0.717, 1.165) is 40.7 Å². The average Bonchev–Trinajstić information content (AvgIpc) is 3.33. The highest BCUT2D eigenvalue weighted by Crippen LogP contribution is 2.43. The number of carbonyl (C=O) groups is 2. The number of carbonyl (C=O) groups excluding carboxylic acids is 2. The molecular weight excluding hydrogens is 398 g/mol. The molecule has 0 spiro atoms. The van der Waals surface area contributed by atoms with Crippen molar-refractivity contribution in [1.82, 2.24) is 9.55 Å². The number of anilines is 1. The van der Waals surface area contributed by atoms with Crippen LogP contribution in [0.15, 0.2) is 35.7 Å². The van der Waals surface area contributed by atoms with E-state index in [1.165, 1.54) is 0 Å². The van der Waals surface area contributed by atoms with Crippen LogP contribution in [-0.4, -0.2) is 34.6 Å². The molecule has 0 saturated heterocycles. The number of para-hydroxylation sites is 2. The topological polar surface area (TPSA) is 64.4 Å². The fourth-order valence-electron chi connectivity index (χ4n) is 4.19. The van der Waals surface area contributed by atoms with Crippen molar-refractivity contribution in [2.45, 2.75) is 46.1 Å². The Kier molecular flexibility index (Phi) is 5.90. The van der Waals surface area contributed by atoms with Crippen molar-refractivity contribution in [1.29, 1.82) is 0 Å². The number of benzene rings is 1. The Morgan fingerprint density at radius 3 is 2.70 bits per heavy atom. The Morgan fingerprint density at radius 2 is 2.00 bits per heavy atom. The summed E-state index contributed by atoms with van der Waals surface area (Å²) >= 11 is 1.57. The SMILES string of the molecule is CCCCCN1C(=O)[C@H](C(=O)OCC)[C@@H](c2sccc2C)n2c1nc1ccccc12. The molecule has 2 atom stereocenters. The fraction of sp³-hybridized carbons (Fsp3) is 0.435. The summed E-state index contributed by atoms with van der Waals surface area (Å²) in [5.74, 6) is -0.987. The van der Waals surface area contributed by atoms with Crippen LogP contribution in [0.25, 0.3) is 11.0 Å². The summed E-state index contributed by atoms with van der Waals surface area (Å²) in [4.78, 5) is 34.2. The van der Waals surface area contributed by atoms with Gasteiger partial charge in [0.2, 0.25) is 11.9 Å². The van der Waals surface area contributed by atoms with E-state index in [0.29, 0.717) is 12.5 Å². The van der Waals surface area contributed by atoms with Gasteiger partial charge in [-0.3, -0.25) is 19.1 Å². The number of esters is 1. The second kappa shape index (κ2) is 8.60. The summed E-state index contributed by atoms with van der Waals surface area (Å²) < 4.78 is 7.45. The van der Waals surface area contributed by atoms with E-state index in [1.54, 1.807) is 23.2 Å². The molecule has 0 saturated carbocycles. The minimum Gasteiger partial charge on any atom is -0.465 e. The second-order valence-electron chi connectivity index (χ2n) is 7.61. The van der Waals surface area contributed by atoms with Gasteiger partial charge < -0.3 is 4.74 Å². The predicted octanol–water partition coefficient (Wildman–Crippen LogP) is 4.71. The van der Waals surface area contributed by atoms with E-state index in [4.69, 9.17) is 9.72 Å². The number of amides is 1. The lowest BCUT2D eigenvalue weighted by molar-refractivity contribution is -0.153. The minimum absolute atomic E-state index is 0.217. The smallest absolute Gasteiger partial charge is 0.321 e. The number of rotatable bonds is 7. The number of aromatic nitrogens is 2. The summed E-state index contributed by atoms with van der Waals surface area (Å²) in [6.07, 6.45) is 2.93. The number of imidazole rings is 1. The summed E-state index contributed by atoms with van der Waals surface area (Å²) in [6, 6.07) is 9.43. The van der Waals surface area contributed by atoms with Gasteiger partial charge in [0.1, 0.15) is 0 Å². The molecule has 7 heteroatoms. The highest BCUT2D eigenvalue weighted by atomic mass is 32.1. The van der Waals surface area contributed by atoms with Crippen molar-refractivity contribution in [3.8, 4) is 0 Å². The number of hydrogen-bond donors (Lipinski definition) is 0. The Labute approximate surface area is 180 Å². The molecule has 1 aliphatic heterocycles. The van der Waals surface area contributed by atoms with E-state index in [2.05, 4.69) is 11.5 Å². The first-order chi connectivity index (χ1) is 14.6. The van der Waals surface area contributed by atoms with Gasteiger partial charge in [-0.1, -0.05) is 31.9 Å². The lowest BCUT2D eigenvalue weighted by Crippen LogP contribution is -2.50. The third kappa shape index (κ3) is 3.41. The van der Waals surface area contributed by atoms with Gasteiger partial charge in [0.25, 0.3) is 0 Å². The van der Waals surface area contributed by atoms with E-state index in [9.17, 15) is 9.59 Å². The van der Waals surface area contributed by atoms with Gasteiger partial charge in [-0.05, 0) is 49.4 Å². The zero-order valence-corrected chi connectivity index (χ0v) is 18.4. The molecule has 0 radical (unpaired) electrons. The quantitative estimate of drug-likeness (QED) is 0.312. The van der Waals surface area contributed by atoms with E-state index < -0.39 is 17.9 Å². The van der Waals surface area contributed by atoms with Crippen LogP contribution in [0.2, 0.25) is 0 Å². The molecule has 30 heavy (non-hydrogen) atoms. The van der Waals surface area contributed by atoms with Crippen LogP contribution in [-0.2, 0) is 14.3 Å². The third-order valence-electron chi connectivity index (χ3n) is 5.64. The number of thiophene rings is 1. The van der Waals surface area contributed by atoms with Gasteiger partial charge in [-0.15, -0.1) is 11.3 Å². The lowest BCUT2D eigenvalue weighted by Gasteiger charge is -2.37. The molecule has 6 nitrogen and oxygen atoms in total. The molecular formula is C23H27N3O3S. The number of unbranched alkanes of at least 4 members (excludes halogenated alkanes) is 2. The van der Waals surface area contributed by atoms with Gasteiger partial charge in [-0.2, -0.15) is 0 Å². The van der Waals surface area contributed by atoms with Gasteiger partial charge in [0.05, 0.1) is 23.7 Å². The molecule has 3 heterocycles. The standard InChI is InChI=1S/C23H27N3O3S/c1-4-6-9-13-25-21(27)18(22(28)29-5-2)19(20-15(3)12-14-30-20)26-17-11-8-7-10-16(17)24-23(25)26/h7-8,10-12,14,18-19H,4-6,9,13H2,1-3H3/t18-,19+/m1/s1. The third-order valence-corrected chi connectivity index (χ3v) is 6.73. The minimum atomic E-state index is -0.922. The lowest BCUT2D eigenvalue weighted by atomic mass is 9.92. The number of hydrogen-bond acceptors (Lipinski definition) is 5. The number of aryl methyl sites for hydroxylation is 1. The molecule has 3 aromatic rings. The maximum absolute atomic E-state index is 13.7. The maximum Gasteiger partial charge on any atom is 0.321 e. The molecule has 0 unspecified atom stereocenters. The number of nitrogens with zero attached hydrogens (tertiary/aromatic N) is 3. The summed E-state index contributed by atoms with van der Waals surface area (Å²) in [5, 5.41) is 2.00. The molecule has 0 aliphatic carbocycles. The molecule has 4 rings (SSSR count). The molecule has 2 aromatic heterocycles. The van der Waals surface area contributed by atoms with Crippen LogP contribution in [0.5, 0.6) is 0 Å². The number of ether oxygens (including phenoxy) is 1. The summed E-state index contributed by atoms with van der Waals surface area (Å²) in [7, 11) is 0. The second-order valence-corrected chi connectivity index (χ2v) is 8.56. The molecule has 0 bridgehead atoms. The first-order valence-corrected chi connectivity index (χ1v) is 11.4. The monoisotopic (exact) mass is 425 g/mol. The first-order valence-electron chi connectivity index (χ1n) is 10.6. The van der Waals surface area contributed by atoms with Crippen LogP contribution in [0.3, 0.4) is 0 Å². The molecule has 1 aliphatic rings. The Hall–Kier alpha value is -2.67.